The molecule has 0 aliphatic heterocycles. The standard InChI is InChI=1S/C13H10F5NO/c14-7-8(15)10(17)12(11(18)9(7)16)19-13(20)6-2-4-1-5(4)3-6/h4-6H,1-3H2,(H,19,20). The number of amides is 1. The summed E-state index contributed by atoms with van der Waals surface area (Å²) in [5.74, 6) is -10.6. The van der Waals surface area contributed by atoms with Crippen molar-refractivity contribution >= 4 is 11.6 Å². The topological polar surface area (TPSA) is 29.1 Å². The van der Waals surface area contributed by atoms with E-state index in [1.807, 2.05) is 5.32 Å². The van der Waals surface area contributed by atoms with Crippen molar-refractivity contribution in [2.75, 3.05) is 5.32 Å². The molecule has 0 heterocycles. The van der Waals surface area contributed by atoms with Crippen LogP contribution in [-0.4, -0.2) is 5.91 Å². The molecule has 2 fully saturated rings. The molecule has 2 nitrogen and oxygen atoms in total. The first-order valence-electron chi connectivity index (χ1n) is 6.22. The Kier molecular flexibility index (Phi) is 2.95. The number of carbonyl (C=O) groups excluding carboxylic acids is 1. The number of carbonyl (C=O) groups is 1. The summed E-state index contributed by atoms with van der Waals surface area (Å²) < 4.78 is 65.6. The predicted octanol–water partition coefficient (Wildman–Crippen LogP) is 3.37. The van der Waals surface area contributed by atoms with E-state index in [0.29, 0.717) is 24.7 Å². The monoisotopic (exact) mass is 291 g/mol. The highest BCUT2D eigenvalue weighted by Gasteiger charge is 2.48. The first-order valence-corrected chi connectivity index (χ1v) is 6.22. The predicted molar refractivity (Wildman–Crippen MR) is 59.2 cm³/mol. The van der Waals surface area contributed by atoms with Crippen LogP contribution in [0.25, 0.3) is 0 Å². The molecule has 0 radical (unpaired) electrons. The minimum Gasteiger partial charge on any atom is -0.321 e. The van der Waals surface area contributed by atoms with Gasteiger partial charge in [-0.2, -0.15) is 0 Å². The molecule has 20 heavy (non-hydrogen) atoms. The van der Waals surface area contributed by atoms with E-state index < -0.39 is 46.6 Å². The van der Waals surface area contributed by atoms with Crippen LogP contribution in [-0.2, 0) is 4.79 Å². The maximum Gasteiger partial charge on any atom is 0.227 e. The van der Waals surface area contributed by atoms with Crippen LogP contribution in [0.2, 0.25) is 0 Å². The summed E-state index contributed by atoms with van der Waals surface area (Å²) in [6, 6.07) is 0. The Morgan fingerprint density at radius 1 is 0.800 bits per heavy atom. The highest BCUT2D eigenvalue weighted by atomic mass is 19.2. The summed E-state index contributed by atoms with van der Waals surface area (Å²) in [5.41, 5.74) is -1.27. The molecular formula is C13H10F5NO. The lowest BCUT2D eigenvalue weighted by Gasteiger charge is -2.14. The summed E-state index contributed by atoms with van der Waals surface area (Å²) in [4.78, 5) is 11.8. The Bertz CT molecular complexity index is 564. The Labute approximate surface area is 111 Å². The molecule has 3 rings (SSSR count). The van der Waals surface area contributed by atoms with Gasteiger partial charge in [0.15, 0.2) is 23.3 Å². The van der Waals surface area contributed by atoms with Crippen molar-refractivity contribution in [1.82, 2.24) is 0 Å². The Balaban J connectivity index is 1.85. The van der Waals surface area contributed by atoms with Crippen molar-refractivity contribution in [3.05, 3.63) is 29.1 Å². The van der Waals surface area contributed by atoms with Gasteiger partial charge in [-0.1, -0.05) is 0 Å². The minimum atomic E-state index is -2.24. The van der Waals surface area contributed by atoms with Crippen LogP contribution in [0, 0.1) is 46.8 Å². The van der Waals surface area contributed by atoms with E-state index in [0.717, 1.165) is 6.42 Å². The summed E-state index contributed by atoms with van der Waals surface area (Å²) in [6.45, 7) is 0. The summed E-state index contributed by atoms with van der Waals surface area (Å²) in [5, 5.41) is 1.83. The van der Waals surface area contributed by atoms with Gasteiger partial charge in [0.1, 0.15) is 5.69 Å². The third-order valence-corrected chi connectivity index (χ3v) is 4.07. The maximum atomic E-state index is 13.4. The fourth-order valence-corrected chi connectivity index (χ4v) is 2.87. The molecule has 0 aromatic heterocycles. The molecule has 1 aromatic carbocycles. The first kappa shape index (κ1) is 13.3. The Morgan fingerprint density at radius 3 is 1.75 bits per heavy atom. The fourth-order valence-electron chi connectivity index (χ4n) is 2.87. The maximum absolute atomic E-state index is 13.4. The second-order valence-electron chi connectivity index (χ2n) is 5.36. The lowest BCUT2D eigenvalue weighted by molar-refractivity contribution is -0.120. The molecule has 2 atom stereocenters. The van der Waals surface area contributed by atoms with E-state index in [1.54, 1.807) is 0 Å². The number of halogens is 5. The van der Waals surface area contributed by atoms with Crippen LogP contribution < -0.4 is 5.32 Å². The second kappa shape index (κ2) is 4.43. The first-order chi connectivity index (χ1) is 9.40. The molecule has 7 heteroatoms. The largest absolute Gasteiger partial charge is 0.321 e. The van der Waals surface area contributed by atoms with E-state index in [-0.39, 0.29) is 0 Å². The highest BCUT2D eigenvalue weighted by Crippen LogP contribution is 2.54. The summed E-state index contributed by atoms with van der Waals surface area (Å²) in [6.07, 6.45) is 2.25. The van der Waals surface area contributed by atoms with Crippen LogP contribution >= 0.6 is 0 Å². The van der Waals surface area contributed by atoms with Crippen LogP contribution in [0.1, 0.15) is 19.3 Å². The zero-order valence-electron chi connectivity index (χ0n) is 10.2. The highest BCUT2D eigenvalue weighted by molar-refractivity contribution is 5.93. The van der Waals surface area contributed by atoms with E-state index in [2.05, 4.69) is 0 Å². The van der Waals surface area contributed by atoms with Gasteiger partial charge in [-0.3, -0.25) is 4.79 Å². The van der Waals surface area contributed by atoms with E-state index in [4.69, 9.17) is 0 Å². The van der Waals surface area contributed by atoms with E-state index in [9.17, 15) is 26.7 Å². The molecule has 0 saturated heterocycles. The third kappa shape index (κ3) is 1.96. The van der Waals surface area contributed by atoms with E-state index in [1.165, 1.54) is 0 Å². The van der Waals surface area contributed by atoms with Crippen molar-refractivity contribution in [2.45, 2.75) is 19.3 Å². The zero-order chi connectivity index (χ0) is 14.6. The lowest BCUT2D eigenvalue weighted by atomic mass is 10.0. The molecular weight excluding hydrogens is 281 g/mol. The Hall–Kier alpha value is -1.66. The van der Waals surface area contributed by atoms with Crippen LogP contribution in [0.3, 0.4) is 0 Å². The normalized spacial score (nSPS) is 27.4. The average molecular weight is 291 g/mol. The Morgan fingerprint density at radius 2 is 1.25 bits per heavy atom. The number of hydrogen-bond donors (Lipinski definition) is 1. The van der Waals surface area contributed by atoms with Gasteiger partial charge in [-0.05, 0) is 31.1 Å². The molecule has 1 aromatic rings. The van der Waals surface area contributed by atoms with Gasteiger partial charge >= 0.3 is 0 Å². The van der Waals surface area contributed by atoms with Gasteiger partial charge in [0.05, 0.1) is 0 Å². The molecule has 1 N–H and O–H groups in total. The van der Waals surface area contributed by atoms with Gasteiger partial charge in [-0.15, -0.1) is 0 Å². The summed E-state index contributed by atoms with van der Waals surface area (Å²) in [7, 11) is 0. The van der Waals surface area contributed by atoms with Gasteiger partial charge in [-0.25, -0.2) is 22.0 Å². The molecule has 1 amide bonds. The van der Waals surface area contributed by atoms with Crippen LogP contribution in [0.5, 0.6) is 0 Å². The molecule has 0 spiro atoms. The van der Waals surface area contributed by atoms with Crippen molar-refractivity contribution in [1.29, 1.82) is 0 Å². The van der Waals surface area contributed by atoms with Crippen molar-refractivity contribution in [3.8, 4) is 0 Å². The van der Waals surface area contributed by atoms with Gasteiger partial charge in [0, 0.05) is 5.92 Å². The molecule has 0 bridgehead atoms. The average Bonchev–Trinajstić information content (AvgIpc) is 3.05. The van der Waals surface area contributed by atoms with Gasteiger partial charge in [0.25, 0.3) is 0 Å². The molecule has 2 unspecified atom stereocenters. The smallest absolute Gasteiger partial charge is 0.227 e. The molecule has 2 aliphatic carbocycles. The van der Waals surface area contributed by atoms with E-state index >= 15 is 0 Å². The van der Waals surface area contributed by atoms with Crippen molar-refractivity contribution in [2.24, 2.45) is 17.8 Å². The number of hydrogen-bond acceptors (Lipinski definition) is 1. The van der Waals surface area contributed by atoms with Crippen LogP contribution in [0.15, 0.2) is 0 Å². The lowest BCUT2D eigenvalue weighted by Crippen LogP contribution is -2.24. The number of fused-ring (bicyclic) bond motifs is 1. The molecule has 2 aliphatic rings. The summed E-state index contributed by atoms with van der Waals surface area (Å²) >= 11 is 0. The SMILES string of the molecule is O=C(Nc1c(F)c(F)c(F)c(F)c1F)C1CC2CC2C1. The molecule has 2 saturated carbocycles. The van der Waals surface area contributed by atoms with Gasteiger partial charge < -0.3 is 5.32 Å². The third-order valence-electron chi connectivity index (χ3n) is 4.07. The second-order valence-corrected chi connectivity index (χ2v) is 5.36. The number of benzene rings is 1. The fraction of sp³-hybridized carbons (Fsp3) is 0.462. The zero-order valence-corrected chi connectivity index (χ0v) is 10.2. The number of nitrogens with one attached hydrogen (secondary N) is 1. The van der Waals surface area contributed by atoms with Crippen molar-refractivity contribution in [3.63, 3.8) is 0 Å². The molecule has 108 valence electrons. The minimum absolute atomic E-state index is 0.422. The number of anilines is 1. The quantitative estimate of drug-likeness (QED) is 0.505. The van der Waals surface area contributed by atoms with Crippen LogP contribution in [0.4, 0.5) is 27.6 Å². The van der Waals surface area contributed by atoms with Gasteiger partial charge in [0.2, 0.25) is 11.7 Å². The van der Waals surface area contributed by atoms with Crippen molar-refractivity contribution < 1.29 is 26.7 Å². The number of rotatable bonds is 2.